The summed E-state index contributed by atoms with van der Waals surface area (Å²) >= 11 is 0. The Morgan fingerprint density at radius 3 is 2.62 bits per heavy atom. The zero-order valence-electron chi connectivity index (χ0n) is 14.4. The molecule has 1 saturated carbocycles. The van der Waals surface area contributed by atoms with Gasteiger partial charge in [0.05, 0.1) is 13.2 Å². The van der Waals surface area contributed by atoms with Gasteiger partial charge in [-0.3, -0.25) is 4.90 Å². The van der Waals surface area contributed by atoms with Crippen LogP contribution in [0.3, 0.4) is 0 Å². The summed E-state index contributed by atoms with van der Waals surface area (Å²) < 4.78 is 5.52. The maximum Gasteiger partial charge on any atom is 0.0594 e. The summed E-state index contributed by atoms with van der Waals surface area (Å²) in [7, 11) is 0. The predicted molar refractivity (Wildman–Crippen MR) is 89.7 cm³/mol. The molecule has 2 fully saturated rings. The van der Waals surface area contributed by atoms with Crippen LogP contribution in [0.1, 0.15) is 59.3 Å². The first-order valence-electron chi connectivity index (χ1n) is 9.24. The Balaban J connectivity index is 1.80. The van der Waals surface area contributed by atoms with Crippen LogP contribution in [0.25, 0.3) is 0 Å². The maximum atomic E-state index is 5.52. The Bertz CT molecular complexity index is 276. The van der Waals surface area contributed by atoms with Gasteiger partial charge in [-0.1, -0.05) is 40.0 Å². The van der Waals surface area contributed by atoms with Crippen molar-refractivity contribution in [2.45, 2.75) is 71.4 Å². The monoisotopic (exact) mass is 296 g/mol. The Morgan fingerprint density at radius 1 is 1.19 bits per heavy atom. The predicted octanol–water partition coefficient (Wildman–Crippen LogP) is 3.29. The molecule has 21 heavy (non-hydrogen) atoms. The van der Waals surface area contributed by atoms with E-state index in [1.807, 2.05) is 0 Å². The number of morpholine rings is 1. The normalized spacial score (nSPS) is 29.7. The van der Waals surface area contributed by atoms with Gasteiger partial charge in [-0.25, -0.2) is 0 Å². The Labute approximate surface area is 131 Å². The molecule has 0 amide bonds. The molecular formula is C18H36N2O. The van der Waals surface area contributed by atoms with Gasteiger partial charge in [0.2, 0.25) is 0 Å². The molecule has 0 aromatic carbocycles. The van der Waals surface area contributed by atoms with Crippen molar-refractivity contribution in [3.8, 4) is 0 Å². The first kappa shape index (κ1) is 17.2. The molecular weight excluding hydrogens is 260 g/mol. The standard InChI is InChI=1S/C18H36N2O/c1-4-16-6-5-7-17(13-16)19-14-18(12-15(2)3)20-8-10-21-11-9-20/h15-19H,4-14H2,1-3H3. The second-order valence-corrected chi connectivity index (χ2v) is 7.48. The number of hydrogen-bond donors (Lipinski definition) is 1. The fraction of sp³-hybridized carbons (Fsp3) is 1.00. The van der Waals surface area contributed by atoms with Gasteiger partial charge in [0.1, 0.15) is 0 Å². The van der Waals surface area contributed by atoms with Gasteiger partial charge >= 0.3 is 0 Å². The minimum Gasteiger partial charge on any atom is -0.379 e. The molecule has 1 aliphatic heterocycles. The average molecular weight is 296 g/mol. The van der Waals surface area contributed by atoms with Crippen LogP contribution >= 0.6 is 0 Å². The molecule has 3 nitrogen and oxygen atoms in total. The summed E-state index contributed by atoms with van der Waals surface area (Å²) in [6.07, 6.45) is 8.31. The van der Waals surface area contributed by atoms with Crippen LogP contribution in [0, 0.1) is 11.8 Å². The van der Waals surface area contributed by atoms with E-state index >= 15 is 0 Å². The number of rotatable bonds is 7. The lowest BCUT2D eigenvalue weighted by Gasteiger charge is -2.37. The zero-order chi connectivity index (χ0) is 15.1. The SMILES string of the molecule is CCC1CCCC(NCC(CC(C)C)N2CCOCC2)C1. The topological polar surface area (TPSA) is 24.5 Å². The highest BCUT2D eigenvalue weighted by Crippen LogP contribution is 2.26. The largest absolute Gasteiger partial charge is 0.379 e. The quantitative estimate of drug-likeness (QED) is 0.780. The Morgan fingerprint density at radius 2 is 1.95 bits per heavy atom. The summed E-state index contributed by atoms with van der Waals surface area (Å²) in [5.74, 6) is 1.73. The third-order valence-corrected chi connectivity index (χ3v) is 5.31. The average Bonchev–Trinajstić information content (AvgIpc) is 2.52. The fourth-order valence-corrected chi connectivity index (χ4v) is 4.00. The molecule has 0 aromatic rings. The van der Waals surface area contributed by atoms with Crippen LogP contribution in [-0.2, 0) is 4.74 Å². The van der Waals surface area contributed by atoms with Crippen LogP contribution in [-0.4, -0.2) is 49.8 Å². The van der Waals surface area contributed by atoms with Crippen molar-refractivity contribution in [3.63, 3.8) is 0 Å². The highest BCUT2D eigenvalue weighted by atomic mass is 16.5. The molecule has 1 aliphatic carbocycles. The van der Waals surface area contributed by atoms with Crippen molar-refractivity contribution in [2.24, 2.45) is 11.8 Å². The molecule has 1 saturated heterocycles. The lowest BCUT2D eigenvalue weighted by atomic mass is 9.84. The summed E-state index contributed by atoms with van der Waals surface area (Å²) in [5, 5.41) is 3.91. The Kier molecular flexibility index (Phi) is 7.48. The van der Waals surface area contributed by atoms with Crippen molar-refractivity contribution in [3.05, 3.63) is 0 Å². The van der Waals surface area contributed by atoms with E-state index in [4.69, 9.17) is 4.74 Å². The van der Waals surface area contributed by atoms with E-state index in [1.165, 1.54) is 45.1 Å². The van der Waals surface area contributed by atoms with Gasteiger partial charge in [-0.05, 0) is 31.1 Å². The number of hydrogen-bond acceptors (Lipinski definition) is 3. The van der Waals surface area contributed by atoms with E-state index in [9.17, 15) is 0 Å². The van der Waals surface area contributed by atoms with E-state index in [0.29, 0.717) is 6.04 Å². The molecule has 1 heterocycles. The minimum absolute atomic E-state index is 0.691. The third kappa shape index (κ3) is 5.88. The van der Waals surface area contributed by atoms with Crippen LogP contribution in [0.2, 0.25) is 0 Å². The molecule has 0 spiro atoms. The second-order valence-electron chi connectivity index (χ2n) is 7.48. The van der Waals surface area contributed by atoms with Crippen molar-refractivity contribution in [1.29, 1.82) is 0 Å². The molecule has 3 heteroatoms. The van der Waals surface area contributed by atoms with Crippen molar-refractivity contribution >= 4 is 0 Å². The smallest absolute Gasteiger partial charge is 0.0594 e. The van der Waals surface area contributed by atoms with E-state index < -0.39 is 0 Å². The van der Waals surface area contributed by atoms with Crippen LogP contribution in [0.4, 0.5) is 0 Å². The molecule has 0 aromatic heterocycles. The van der Waals surface area contributed by atoms with Crippen LogP contribution in [0.5, 0.6) is 0 Å². The second kappa shape index (κ2) is 9.12. The fourth-order valence-electron chi connectivity index (χ4n) is 4.00. The number of ether oxygens (including phenoxy) is 1. The van der Waals surface area contributed by atoms with Gasteiger partial charge in [0.15, 0.2) is 0 Å². The van der Waals surface area contributed by atoms with Crippen LogP contribution < -0.4 is 5.32 Å². The van der Waals surface area contributed by atoms with Crippen molar-refractivity contribution in [2.75, 3.05) is 32.8 Å². The molecule has 2 rings (SSSR count). The summed E-state index contributed by atoms with van der Waals surface area (Å²) in [6, 6.07) is 1.45. The summed E-state index contributed by atoms with van der Waals surface area (Å²) in [4.78, 5) is 2.65. The first-order valence-corrected chi connectivity index (χ1v) is 9.24. The third-order valence-electron chi connectivity index (χ3n) is 5.31. The zero-order valence-corrected chi connectivity index (χ0v) is 14.4. The van der Waals surface area contributed by atoms with Gasteiger partial charge in [-0.2, -0.15) is 0 Å². The highest BCUT2D eigenvalue weighted by molar-refractivity contribution is 4.82. The maximum absolute atomic E-state index is 5.52. The lowest BCUT2D eigenvalue weighted by Crippen LogP contribution is -2.50. The molecule has 0 radical (unpaired) electrons. The first-order chi connectivity index (χ1) is 10.2. The summed E-state index contributed by atoms with van der Waals surface area (Å²) in [5.41, 5.74) is 0. The van der Waals surface area contributed by atoms with E-state index in [1.54, 1.807) is 0 Å². The van der Waals surface area contributed by atoms with E-state index in [0.717, 1.165) is 44.2 Å². The van der Waals surface area contributed by atoms with E-state index in [2.05, 4.69) is 31.0 Å². The lowest BCUT2D eigenvalue weighted by molar-refractivity contribution is 0.0114. The van der Waals surface area contributed by atoms with Gasteiger partial charge in [0.25, 0.3) is 0 Å². The van der Waals surface area contributed by atoms with Crippen molar-refractivity contribution in [1.82, 2.24) is 10.2 Å². The van der Waals surface area contributed by atoms with Crippen molar-refractivity contribution < 1.29 is 4.74 Å². The number of nitrogens with one attached hydrogen (secondary N) is 1. The minimum atomic E-state index is 0.691. The van der Waals surface area contributed by atoms with Gasteiger partial charge < -0.3 is 10.1 Å². The van der Waals surface area contributed by atoms with Gasteiger partial charge in [0, 0.05) is 31.7 Å². The van der Waals surface area contributed by atoms with Crippen LogP contribution in [0.15, 0.2) is 0 Å². The molecule has 2 aliphatic rings. The number of nitrogens with zero attached hydrogens (tertiary/aromatic N) is 1. The molecule has 1 N–H and O–H groups in total. The molecule has 3 unspecified atom stereocenters. The molecule has 3 atom stereocenters. The molecule has 0 bridgehead atoms. The summed E-state index contributed by atoms with van der Waals surface area (Å²) in [6.45, 7) is 12.3. The Hall–Kier alpha value is -0.120. The highest BCUT2D eigenvalue weighted by Gasteiger charge is 2.25. The van der Waals surface area contributed by atoms with Gasteiger partial charge in [-0.15, -0.1) is 0 Å². The molecule has 124 valence electrons. The van der Waals surface area contributed by atoms with E-state index in [-0.39, 0.29) is 0 Å².